The lowest BCUT2D eigenvalue weighted by Crippen LogP contribution is -2.23. The number of hydrogen-bond donors (Lipinski definition) is 2. The summed E-state index contributed by atoms with van der Waals surface area (Å²) in [5, 5.41) is 12.6. The van der Waals surface area contributed by atoms with E-state index < -0.39 is 5.60 Å². The number of carbonyl (C=O) groups excluding carboxylic acids is 1. The number of hydrogen-bond acceptors (Lipinski definition) is 2. The highest BCUT2D eigenvalue weighted by Gasteiger charge is 2.42. The highest BCUT2D eigenvalue weighted by Crippen LogP contribution is 2.45. The monoisotopic (exact) mass is 205 g/mol. The summed E-state index contributed by atoms with van der Waals surface area (Å²) in [7, 11) is 0. The molecule has 80 valence electrons. The minimum atomic E-state index is -0.664. The Kier molecular flexibility index (Phi) is 2.49. The summed E-state index contributed by atoms with van der Waals surface area (Å²) in [6.07, 6.45) is 1.59. The molecule has 2 N–H and O–H groups in total. The van der Waals surface area contributed by atoms with Crippen molar-refractivity contribution < 1.29 is 9.90 Å². The molecule has 0 unspecified atom stereocenters. The summed E-state index contributed by atoms with van der Waals surface area (Å²) < 4.78 is 0. The Morgan fingerprint density at radius 3 is 2.87 bits per heavy atom. The first-order chi connectivity index (χ1) is 7.15. The lowest BCUT2D eigenvalue weighted by molar-refractivity contribution is 0.0955. The number of rotatable bonds is 3. The molecule has 1 fully saturated rings. The predicted molar refractivity (Wildman–Crippen MR) is 57.6 cm³/mol. The van der Waals surface area contributed by atoms with Gasteiger partial charge in [-0.2, -0.15) is 0 Å². The van der Waals surface area contributed by atoms with Crippen molar-refractivity contribution in [2.24, 2.45) is 0 Å². The van der Waals surface area contributed by atoms with E-state index in [1.807, 2.05) is 19.1 Å². The maximum absolute atomic E-state index is 11.6. The Morgan fingerprint density at radius 1 is 1.53 bits per heavy atom. The zero-order valence-corrected chi connectivity index (χ0v) is 8.79. The zero-order valence-electron chi connectivity index (χ0n) is 8.79. The van der Waals surface area contributed by atoms with E-state index >= 15 is 0 Å². The van der Waals surface area contributed by atoms with Crippen LogP contribution >= 0.6 is 0 Å². The molecule has 0 spiro atoms. The summed E-state index contributed by atoms with van der Waals surface area (Å²) in [6, 6.07) is 7.23. The Balaban J connectivity index is 2.23. The van der Waals surface area contributed by atoms with Crippen molar-refractivity contribution in [1.82, 2.24) is 5.32 Å². The van der Waals surface area contributed by atoms with Crippen LogP contribution in [-0.2, 0) is 5.60 Å². The van der Waals surface area contributed by atoms with Crippen molar-refractivity contribution in [2.75, 3.05) is 6.54 Å². The molecule has 0 aromatic heterocycles. The SMILES string of the molecule is CCNC(=O)c1cccc(C2(O)CC2)c1. The van der Waals surface area contributed by atoms with E-state index in [-0.39, 0.29) is 5.91 Å². The van der Waals surface area contributed by atoms with Crippen molar-refractivity contribution in [3.05, 3.63) is 35.4 Å². The number of aliphatic hydroxyl groups is 1. The van der Waals surface area contributed by atoms with Gasteiger partial charge in [-0.05, 0) is 37.5 Å². The Labute approximate surface area is 89.1 Å². The van der Waals surface area contributed by atoms with Crippen LogP contribution in [0.15, 0.2) is 24.3 Å². The molecule has 1 saturated carbocycles. The van der Waals surface area contributed by atoms with E-state index in [1.54, 1.807) is 12.1 Å². The van der Waals surface area contributed by atoms with Crippen LogP contribution in [0.25, 0.3) is 0 Å². The maximum atomic E-state index is 11.6. The van der Waals surface area contributed by atoms with Crippen LogP contribution in [0.2, 0.25) is 0 Å². The van der Waals surface area contributed by atoms with Gasteiger partial charge in [-0.3, -0.25) is 4.79 Å². The van der Waals surface area contributed by atoms with Gasteiger partial charge in [-0.15, -0.1) is 0 Å². The molecule has 15 heavy (non-hydrogen) atoms. The fourth-order valence-corrected chi connectivity index (χ4v) is 1.62. The van der Waals surface area contributed by atoms with E-state index in [1.165, 1.54) is 0 Å². The fraction of sp³-hybridized carbons (Fsp3) is 0.417. The quantitative estimate of drug-likeness (QED) is 0.784. The molecule has 0 radical (unpaired) electrons. The average molecular weight is 205 g/mol. The first kappa shape index (κ1) is 10.2. The van der Waals surface area contributed by atoms with Crippen molar-refractivity contribution >= 4 is 5.91 Å². The lowest BCUT2D eigenvalue weighted by Gasteiger charge is -2.09. The second-order valence-electron chi connectivity index (χ2n) is 3.97. The standard InChI is InChI=1S/C12H15NO2/c1-2-13-11(14)9-4-3-5-10(8-9)12(15)6-7-12/h3-5,8,15H,2,6-7H2,1H3,(H,13,14). The minimum absolute atomic E-state index is 0.0800. The Morgan fingerprint density at radius 2 is 2.27 bits per heavy atom. The van der Waals surface area contributed by atoms with E-state index in [0.717, 1.165) is 18.4 Å². The molecule has 2 rings (SSSR count). The minimum Gasteiger partial charge on any atom is -0.385 e. The molecule has 1 aliphatic rings. The summed E-state index contributed by atoms with van der Waals surface area (Å²) >= 11 is 0. The largest absolute Gasteiger partial charge is 0.385 e. The molecule has 0 heterocycles. The molecular weight excluding hydrogens is 190 g/mol. The van der Waals surface area contributed by atoms with Crippen molar-refractivity contribution in [3.8, 4) is 0 Å². The third-order valence-electron chi connectivity index (χ3n) is 2.72. The highest BCUT2D eigenvalue weighted by atomic mass is 16.3. The van der Waals surface area contributed by atoms with Crippen LogP contribution in [-0.4, -0.2) is 17.6 Å². The van der Waals surface area contributed by atoms with Gasteiger partial charge in [0.25, 0.3) is 5.91 Å². The van der Waals surface area contributed by atoms with Gasteiger partial charge >= 0.3 is 0 Å². The van der Waals surface area contributed by atoms with Gasteiger partial charge in [0.2, 0.25) is 0 Å². The van der Waals surface area contributed by atoms with Gasteiger partial charge in [-0.25, -0.2) is 0 Å². The van der Waals surface area contributed by atoms with Gasteiger partial charge in [-0.1, -0.05) is 12.1 Å². The first-order valence-corrected chi connectivity index (χ1v) is 5.27. The smallest absolute Gasteiger partial charge is 0.251 e. The van der Waals surface area contributed by atoms with Gasteiger partial charge in [0, 0.05) is 12.1 Å². The molecule has 3 nitrogen and oxygen atoms in total. The first-order valence-electron chi connectivity index (χ1n) is 5.27. The molecule has 1 aromatic carbocycles. The van der Waals surface area contributed by atoms with Crippen LogP contribution in [0.5, 0.6) is 0 Å². The van der Waals surface area contributed by atoms with Crippen molar-refractivity contribution in [3.63, 3.8) is 0 Å². The Bertz CT molecular complexity index is 383. The van der Waals surface area contributed by atoms with Crippen LogP contribution in [0.4, 0.5) is 0 Å². The van der Waals surface area contributed by atoms with E-state index in [0.29, 0.717) is 12.1 Å². The van der Waals surface area contributed by atoms with Crippen molar-refractivity contribution in [1.29, 1.82) is 0 Å². The third kappa shape index (κ3) is 2.02. The summed E-state index contributed by atoms with van der Waals surface area (Å²) in [5.41, 5.74) is 0.809. The van der Waals surface area contributed by atoms with Gasteiger partial charge in [0.05, 0.1) is 5.60 Å². The molecular formula is C12H15NO2. The van der Waals surface area contributed by atoms with Crippen molar-refractivity contribution in [2.45, 2.75) is 25.4 Å². The zero-order chi connectivity index (χ0) is 10.9. The normalized spacial score (nSPS) is 17.2. The molecule has 1 aliphatic carbocycles. The fourth-order valence-electron chi connectivity index (χ4n) is 1.62. The van der Waals surface area contributed by atoms with Gasteiger partial charge in [0.15, 0.2) is 0 Å². The average Bonchev–Trinajstić information content (AvgIpc) is 2.99. The molecule has 0 atom stereocenters. The third-order valence-corrected chi connectivity index (χ3v) is 2.72. The summed E-state index contributed by atoms with van der Waals surface area (Å²) in [4.78, 5) is 11.6. The van der Waals surface area contributed by atoms with E-state index in [9.17, 15) is 9.90 Å². The molecule has 1 aromatic rings. The number of benzene rings is 1. The van der Waals surface area contributed by atoms with Gasteiger partial charge in [0.1, 0.15) is 0 Å². The molecule has 3 heteroatoms. The maximum Gasteiger partial charge on any atom is 0.251 e. The summed E-state index contributed by atoms with van der Waals surface area (Å²) in [5.74, 6) is -0.0800. The number of amides is 1. The van der Waals surface area contributed by atoms with E-state index in [4.69, 9.17) is 0 Å². The lowest BCUT2D eigenvalue weighted by atomic mass is 10.0. The number of carbonyl (C=O) groups is 1. The number of nitrogens with one attached hydrogen (secondary N) is 1. The van der Waals surface area contributed by atoms with E-state index in [2.05, 4.69) is 5.32 Å². The van der Waals surface area contributed by atoms with Gasteiger partial charge < -0.3 is 10.4 Å². The molecule has 0 bridgehead atoms. The van der Waals surface area contributed by atoms with Crippen LogP contribution < -0.4 is 5.32 Å². The predicted octanol–water partition coefficient (Wildman–Crippen LogP) is 1.42. The molecule has 0 aliphatic heterocycles. The van der Waals surface area contributed by atoms with Crippen LogP contribution in [0, 0.1) is 0 Å². The highest BCUT2D eigenvalue weighted by molar-refractivity contribution is 5.94. The molecule has 1 amide bonds. The topological polar surface area (TPSA) is 49.3 Å². The Hall–Kier alpha value is -1.35. The summed E-state index contributed by atoms with van der Waals surface area (Å²) in [6.45, 7) is 2.50. The van der Waals surface area contributed by atoms with Crippen LogP contribution in [0.3, 0.4) is 0 Å². The second kappa shape index (κ2) is 3.66. The molecule has 0 saturated heterocycles. The van der Waals surface area contributed by atoms with Crippen LogP contribution in [0.1, 0.15) is 35.7 Å². The second-order valence-corrected chi connectivity index (χ2v) is 3.97.